The lowest BCUT2D eigenvalue weighted by Gasteiger charge is -2.28. The van der Waals surface area contributed by atoms with E-state index in [4.69, 9.17) is 9.15 Å². The van der Waals surface area contributed by atoms with Crippen molar-refractivity contribution in [3.63, 3.8) is 0 Å². The number of hydrogen-bond acceptors (Lipinski definition) is 6. The van der Waals surface area contributed by atoms with Crippen molar-refractivity contribution in [1.29, 1.82) is 10.5 Å². The minimum absolute atomic E-state index is 0.363. The Bertz CT molecular complexity index is 5390. The highest BCUT2D eigenvalue weighted by molar-refractivity contribution is 6.15. The Hall–Kier alpha value is -12.4. The number of benzene rings is 13. The molecule has 0 spiro atoms. The molecule has 0 saturated carbocycles. The molecule has 13 aromatic carbocycles. The number of ether oxygens (including phenoxy) is 1. The summed E-state index contributed by atoms with van der Waals surface area (Å²) in [5, 5.41) is 29.1. The number of hydrogen-bond donors (Lipinski definition) is 0. The van der Waals surface area contributed by atoms with Gasteiger partial charge in [0.05, 0.1) is 50.5 Å². The maximum Gasteiger partial charge on any atom is 0.137 e. The van der Waals surface area contributed by atoms with Gasteiger partial charge in [-0.3, -0.25) is 0 Å². The van der Waals surface area contributed by atoms with E-state index in [9.17, 15) is 10.5 Å². The lowest BCUT2D eigenvalue weighted by molar-refractivity contribution is 0.488. The van der Waals surface area contributed by atoms with Gasteiger partial charge in [0.25, 0.3) is 0 Å². The fourth-order valence-electron chi connectivity index (χ4n) is 12.8. The zero-order valence-corrected chi connectivity index (χ0v) is 47.4. The lowest BCUT2D eigenvalue weighted by atomic mass is 10.00. The van der Waals surface area contributed by atoms with Crippen molar-refractivity contribution in [3.8, 4) is 57.3 Å². The van der Waals surface area contributed by atoms with Crippen molar-refractivity contribution < 1.29 is 9.15 Å². The Morgan fingerprint density at radius 3 is 1.53 bits per heavy atom. The Morgan fingerprint density at radius 2 is 0.864 bits per heavy atom. The molecule has 0 aliphatic heterocycles. The van der Waals surface area contributed by atoms with Crippen molar-refractivity contribution in [2.45, 2.75) is 0 Å². The van der Waals surface area contributed by atoms with Gasteiger partial charge in [-0.05, 0) is 168 Å². The van der Waals surface area contributed by atoms with Crippen LogP contribution in [0.15, 0.2) is 308 Å². The monoisotopic (exact) mass is 1130 g/mol. The molecule has 0 aliphatic rings. The molecule has 0 amide bonds. The van der Waals surface area contributed by atoms with Crippen molar-refractivity contribution in [1.82, 2.24) is 9.13 Å². The third-order valence-corrected chi connectivity index (χ3v) is 16.8. The van der Waals surface area contributed by atoms with E-state index in [1.165, 1.54) is 5.39 Å². The molecule has 0 fully saturated rings. The van der Waals surface area contributed by atoms with Gasteiger partial charge in [-0.25, -0.2) is 0 Å². The summed E-state index contributed by atoms with van der Waals surface area (Å²) in [5.41, 5.74) is 17.1. The van der Waals surface area contributed by atoms with E-state index in [0.29, 0.717) is 39.6 Å². The van der Waals surface area contributed by atoms with Gasteiger partial charge in [0.15, 0.2) is 0 Å². The molecule has 88 heavy (non-hydrogen) atoms. The summed E-state index contributed by atoms with van der Waals surface area (Å²) >= 11 is 0. The molecule has 0 N–H and O–H groups in total. The van der Waals surface area contributed by atoms with E-state index in [2.05, 4.69) is 237 Å². The third-order valence-electron chi connectivity index (χ3n) is 16.8. The quantitative estimate of drug-likeness (QED) is 0.121. The van der Waals surface area contributed by atoms with Gasteiger partial charge >= 0.3 is 0 Å². The van der Waals surface area contributed by atoms with Crippen LogP contribution < -0.4 is 14.5 Å². The molecule has 3 aromatic heterocycles. The van der Waals surface area contributed by atoms with Crippen LogP contribution in [-0.4, -0.2) is 9.13 Å². The van der Waals surface area contributed by atoms with Crippen LogP contribution in [0.1, 0.15) is 11.1 Å². The van der Waals surface area contributed by atoms with E-state index in [-0.39, 0.29) is 0 Å². The van der Waals surface area contributed by atoms with E-state index in [1.54, 1.807) is 0 Å². The summed E-state index contributed by atoms with van der Waals surface area (Å²) < 4.78 is 17.8. The van der Waals surface area contributed by atoms with Crippen LogP contribution in [-0.2, 0) is 0 Å². The molecule has 3 heterocycles. The molecule has 412 valence electrons. The van der Waals surface area contributed by atoms with E-state index in [1.807, 2.05) is 97.1 Å². The lowest BCUT2D eigenvalue weighted by Crippen LogP contribution is -2.13. The maximum absolute atomic E-state index is 11.9. The Balaban J connectivity index is 0.864. The number of furan rings is 1. The van der Waals surface area contributed by atoms with E-state index in [0.717, 1.165) is 111 Å². The summed E-state index contributed by atoms with van der Waals surface area (Å²) in [6.07, 6.45) is 0. The van der Waals surface area contributed by atoms with Gasteiger partial charge in [0.1, 0.15) is 34.3 Å². The largest absolute Gasteiger partial charge is 0.457 e. The standard InChI is InChI=1S/C80H50N6O2/c81-51-53-46-75(84(63-42-43-67-66-27-14-16-30-77(66)88-79(67)50-63)62-40-34-55(35-41-62)54-32-38-61(39-33-54)83(58-18-5-1-6-19-58)59-20-7-2-8-21-59)70(52-82)76(47-53)86-73-45-37-57(49-69(73)80-74(86)29-17-31-78(80)87-64-24-11-4-12-25-64)56-36-44-72-68(48-56)65-26-13-15-28-71(65)85(72)60-22-9-3-10-23-60/h1-50H. The van der Waals surface area contributed by atoms with Gasteiger partial charge in [-0.1, -0.05) is 152 Å². The number of nitriles is 2. The second kappa shape index (κ2) is 21.4. The van der Waals surface area contributed by atoms with Crippen molar-refractivity contribution in [3.05, 3.63) is 314 Å². The molecule has 0 aliphatic carbocycles. The minimum atomic E-state index is 0.363. The first-order valence-corrected chi connectivity index (χ1v) is 29.2. The molecule has 0 unspecified atom stereocenters. The van der Waals surface area contributed by atoms with Crippen molar-refractivity contribution in [2.24, 2.45) is 0 Å². The molecule has 0 saturated heterocycles. The summed E-state index contributed by atoms with van der Waals surface area (Å²) in [6, 6.07) is 109. The zero-order chi connectivity index (χ0) is 58.7. The van der Waals surface area contributed by atoms with E-state index >= 15 is 0 Å². The second-order valence-electron chi connectivity index (χ2n) is 21.9. The van der Waals surface area contributed by atoms with E-state index < -0.39 is 0 Å². The molecule has 8 heteroatoms. The summed E-state index contributed by atoms with van der Waals surface area (Å²) in [4.78, 5) is 4.32. The first-order valence-electron chi connectivity index (χ1n) is 29.2. The summed E-state index contributed by atoms with van der Waals surface area (Å²) in [5.74, 6) is 1.35. The fraction of sp³-hybridized carbons (Fsp3) is 0. The predicted octanol–water partition coefficient (Wildman–Crippen LogP) is 21.6. The van der Waals surface area contributed by atoms with Gasteiger partial charge in [0.2, 0.25) is 0 Å². The highest BCUT2D eigenvalue weighted by Crippen LogP contribution is 2.47. The molecular weight excluding hydrogens is 1080 g/mol. The number of aromatic nitrogens is 2. The Kier molecular flexibility index (Phi) is 12.5. The number of anilines is 6. The van der Waals surface area contributed by atoms with Gasteiger partial charge in [-0.15, -0.1) is 0 Å². The fourth-order valence-corrected chi connectivity index (χ4v) is 12.8. The van der Waals surface area contributed by atoms with Crippen LogP contribution in [0, 0.1) is 22.7 Å². The first-order chi connectivity index (χ1) is 43.5. The molecule has 0 atom stereocenters. The SMILES string of the molecule is N#Cc1cc(N(c2ccc(-c3ccc(N(c4ccccc4)c4ccccc4)cc3)cc2)c2ccc3c(c2)oc2ccccc23)c(C#N)c(-n2c3ccc(-c4ccc5c(c4)c4ccccc4n5-c4ccccc4)cc3c3c(Oc4ccccc4)cccc32)c1. The molecule has 16 rings (SSSR count). The average Bonchev–Trinajstić information content (AvgIpc) is 2.20. The Morgan fingerprint density at radius 1 is 0.341 bits per heavy atom. The molecule has 0 radical (unpaired) electrons. The average molecular weight is 1130 g/mol. The minimum Gasteiger partial charge on any atom is -0.457 e. The van der Waals surface area contributed by atoms with Gasteiger partial charge in [-0.2, -0.15) is 10.5 Å². The van der Waals surface area contributed by atoms with Crippen LogP contribution in [0.2, 0.25) is 0 Å². The van der Waals surface area contributed by atoms with Crippen LogP contribution >= 0.6 is 0 Å². The summed E-state index contributed by atoms with van der Waals surface area (Å²) in [7, 11) is 0. The Labute approximate surface area is 507 Å². The highest BCUT2D eigenvalue weighted by atomic mass is 16.5. The van der Waals surface area contributed by atoms with Crippen LogP contribution in [0.3, 0.4) is 0 Å². The number of para-hydroxylation sites is 6. The predicted molar refractivity (Wildman–Crippen MR) is 359 cm³/mol. The first kappa shape index (κ1) is 51.3. The van der Waals surface area contributed by atoms with Crippen molar-refractivity contribution >= 4 is 99.7 Å². The normalized spacial score (nSPS) is 11.4. The smallest absolute Gasteiger partial charge is 0.137 e. The number of fused-ring (bicyclic) bond motifs is 9. The van der Waals surface area contributed by atoms with Crippen molar-refractivity contribution in [2.75, 3.05) is 9.80 Å². The number of rotatable bonds is 12. The highest BCUT2D eigenvalue weighted by Gasteiger charge is 2.26. The zero-order valence-electron chi connectivity index (χ0n) is 47.4. The van der Waals surface area contributed by atoms with Crippen LogP contribution in [0.4, 0.5) is 34.1 Å². The molecule has 8 nitrogen and oxygen atoms in total. The second-order valence-corrected chi connectivity index (χ2v) is 21.9. The van der Waals surface area contributed by atoms with Gasteiger partial charge < -0.3 is 28.1 Å². The van der Waals surface area contributed by atoms with Crippen LogP contribution in [0.25, 0.3) is 99.2 Å². The van der Waals surface area contributed by atoms with Gasteiger partial charge in [0, 0.05) is 67.1 Å². The number of nitrogens with zero attached hydrogens (tertiary/aromatic N) is 6. The molecule has 0 bridgehead atoms. The topological polar surface area (TPSA) is 86.3 Å². The maximum atomic E-state index is 11.9. The summed E-state index contributed by atoms with van der Waals surface area (Å²) in [6.45, 7) is 0. The molecular formula is C80H50N6O2. The van der Waals surface area contributed by atoms with Crippen LogP contribution in [0.5, 0.6) is 11.5 Å². The third kappa shape index (κ3) is 8.76. The molecule has 16 aromatic rings.